The van der Waals surface area contributed by atoms with E-state index in [9.17, 15) is 13.2 Å². The maximum absolute atomic E-state index is 12.8. The average Bonchev–Trinajstić information content (AvgIpc) is 2.82. The summed E-state index contributed by atoms with van der Waals surface area (Å²) < 4.78 is 27.9. The maximum Gasteiger partial charge on any atom is 0.261 e. The van der Waals surface area contributed by atoms with Crippen molar-refractivity contribution in [2.24, 2.45) is 0 Å². The van der Waals surface area contributed by atoms with Crippen LogP contribution in [0.5, 0.6) is 0 Å². The molecule has 0 saturated carbocycles. The minimum atomic E-state index is -3.74. The second-order valence-corrected chi connectivity index (χ2v) is 9.68. The number of hydrogen-bond acceptors (Lipinski definition) is 4. The van der Waals surface area contributed by atoms with Crippen LogP contribution >= 0.6 is 0 Å². The van der Waals surface area contributed by atoms with Gasteiger partial charge in [0.1, 0.15) is 0 Å². The Labute approximate surface area is 189 Å². The lowest BCUT2D eigenvalue weighted by molar-refractivity contribution is 0.102. The zero-order valence-electron chi connectivity index (χ0n) is 18.0. The van der Waals surface area contributed by atoms with Crippen molar-refractivity contribution in [3.8, 4) is 0 Å². The number of carbonyl (C=O) groups is 1. The number of anilines is 3. The van der Waals surface area contributed by atoms with Crippen molar-refractivity contribution < 1.29 is 13.2 Å². The van der Waals surface area contributed by atoms with Crippen LogP contribution in [-0.2, 0) is 10.0 Å². The number of aryl methyl sites for hydroxylation is 1. The molecule has 0 bridgehead atoms. The average molecular weight is 450 g/mol. The van der Waals surface area contributed by atoms with Gasteiger partial charge < -0.3 is 10.2 Å². The smallest absolute Gasteiger partial charge is 0.261 e. The first-order valence-electron chi connectivity index (χ1n) is 10.8. The zero-order chi connectivity index (χ0) is 22.6. The molecule has 1 fully saturated rings. The van der Waals surface area contributed by atoms with E-state index in [-0.39, 0.29) is 10.8 Å². The molecule has 0 aliphatic carbocycles. The zero-order valence-corrected chi connectivity index (χ0v) is 18.9. The Balaban J connectivity index is 1.47. The second kappa shape index (κ2) is 9.44. The minimum Gasteiger partial charge on any atom is -0.372 e. The number of hydrogen-bond donors (Lipinski definition) is 2. The van der Waals surface area contributed by atoms with Crippen LogP contribution < -0.4 is 14.9 Å². The molecule has 3 aromatic carbocycles. The van der Waals surface area contributed by atoms with Gasteiger partial charge in [-0.2, -0.15) is 0 Å². The van der Waals surface area contributed by atoms with Crippen molar-refractivity contribution in [1.29, 1.82) is 0 Å². The quantitative estimate of drug-likeness (QED) is 0.553. The van der Waals surface area contributed by atoms with E-state index in [2.05, 4.69) is 14.9 Å². The van der Waals surface area contributed by atoms with E-state index in [0.717, 1.165) is 24.3 Å². The van der Waals surface area contributed by atoms with Gasteiger partial charge in [0.15, 0.2) is 0 Å². The van der Waals surface area contributed by atoms with Gasteiger partial charge in [-0.25, -0.2) is 8.42 Å². The fourth-order valence-electron chi connectivity index (χ4n) is 3.79. The molecule has 1 amide bonds. The third-order valence-corrected chi connectivity index (χ3v) is 7.03. The summed E-state index contributed by atoms with van der Waals surface area (Å²) in [6.45, 7) is 3.93. The first kappa shape index (κ1) is 21.9. The van der Waals surface area contributed by atoms with Crippen LogP contribution in [0.4, 0.5) is 17.1 Å². The van der Waals surface area contributed by atoms with E-state index in [1.54, 1.807) is 43.3 Å². The third kappa shape index (κ3) is 5.11. The SMILES string of the molecule is Cc1ccc(C(=O)Nc2ccc(N3CCCCC3)cc2)cc1NS(=O)(=O)c1ccccc1. The Morgan fingerprint density at radius 3 is 2.25 bits per heavy atom. The Morgan fingerprint density at radius 2 is 1.56 bits per heavy atom. The predicted molar refractivity (Wildman–Crippen MR) is 129 cm³/mol. The fraction of sp³-hybridized carbons (Fsp3) is 0.240. The van der Waals surface area contributed by atoms with Gasteiger partial charge in [-0.15, -0.1) is 0 Å². The van der Waals surface area contributed by atoms with E-state index in [1.165, 1.54) is 31.4 Å². The van der Waals surface area contributed by atoms with Crippen LogP contribution in [0.3, 0.4) is 0 Å². The van der Waals surface area contributed by atoms with Gasteiger partial charge in [-0.3, -0.25) is 9.52 Å². The van der Waals surface area contributed by atoms with Gasteiger partial charge in [0.25, 0.3) is 15.9 Å². The normalized spacial score (nSPS) is 14.1. The summed E-state index contributed by atoms with van der Waals surface area (Å²) in [7, 11) is -3.74. The highest BCUT2D eigenvalue weighted by atomic mass is 32.2. The van der Waals surface area contributed by atoms with Crippen molar-refractivity contribution in [3.05, 3.63) is 83.9 Å². The Hall–Kier alpha value is -3.32. The first-order valence-corrected chi connectivity index (χ1v) is 12.3. The van der Waals surface area contributed by atoms with Crippen molar-refractivity contribution in [3.63, 3.8) is 0 Å². The van der Waals surface area contributed by atoms with Crippen LogP contribution in [0.15, 0.2) is 77.7 Å². The number of piperidine rings is 1. The van der Waals surface area contributed by atoms with E-state index in [0.29, 0.717) is 16.9 Å². The van der Waals surface area contributed by atoms with E-state index in [1.807, 2.05) is 24.3 Å². The van der Waals surface area contributed by atoms with Gasteiger partial charge in [0.05, 0.1) is 10.6 Å². The molecule has 1 heterocycles. The van der Waals surface area contributed by atoms with Crippen molar-refractivity contribution in [1.82, 2.24) is 0 Å². The Morgan fingerprint density at radius 1 is 0.875 bits per heavy atom. The lowest BCUT2D eigenvalue weighted by Crippen LogP contribution is -2.29. The summed E-state index contributed by atoms with van der Waals surface area (Å²) >= 11 is 0. The van der Waals surface area contributed by atoms with Crippen LogP contribution in [0.1, 0.15) is 35.2 Å². The Kier molecular flexibility index (Phi) is 6.46. The molecular weight excluding hydrogens is 422 g/mol. The van der Waals surface area contributed by atoms with Crippen molar-refractivity contribution in [2.75, 3.05) is 28.0 Å². The highest BCUT2D eigenvalue weighted by Crippen LogP contribution is 2.24. The molecule has 6 nitrogen and oxygen atoms in total. The van der Waals surface area contributed by atoms with Crippen LogP contribution in [0, 0.1) is 6.92 Å². The monoisotopic (exact) mass is 449 g/mol. The molecule has 0 unspecified atom stereocenters. The molecular formula is C25H27N3O3S. The van der Waals surface area contributed by atoms with Crippen LogP contribution in [-0.4, -0.2) is 27.4 Å². The highest BCUT2D eigenvalue weighted by Gasteiger charge is 2.17. The summed E-state index contributed by atoms with van der Waals surface area (Å²) in [5, 5.41) is 2.89. The van der Waals surface area contributed by atoms with Crippen LogP contribution in [0.25, 0.3) is 0 Å². The molecule has 4 rings (SSSR count). The number of sulfonamides is 1. The number of amides is 1. The molecule has 1 aliphatic heterocycles. The van der Waals surface area contributed by atoms with Crippen molar-refractivity contribution >= 4 is 33.0 Å². The fourth-order valence-corrected chi connectivity index (χ4v) is 4.93. The molecule has 1 saturated heterocycles. The summed E-state index contributed by atoms with van der Waals surface area (Å²) in [6.07, 6.45) is 3.70. The summed E-state index contributed by atoms with van der Waals surface area (Å²) in [5.74, 6) is -0.295. The van der Waals surface area contributed by atoms with E-state index >= 15 is 0 Å². The third-order valence-electron chi connectivity index (χ3n) is 5.64. The topological polar surface area (TPSA) is 78.5 Å². The van der Waals surface area contributed by atoms with Gasteiger partial charge >= 0.3 is 0 Å². The lowest BCUT2D eigenvalue weighted by Gasteiger charge is -2.28. The predicted octanol–water partition coefficient (Wildman–Crippen LogP) is 5.04. The lowest BCUT2D eigenvalue weighted by atomic mass is 10.1. The first-order chi connectivity index (χ1) is 15.4. The number of carbonyl (C=O) groups excluding carboxylic acids is 1. The number of nitrogens with zero attached hydrogens (tertiary/aromatic N) is 1. The highest BCUT2D eigenvalue weighted by molar-refractivity contribution is 7.92. The van der Waals surface area contributed by atoms with E-state index in [4.69, 9.17) is 0 Å². The summed E-state index contributed by atoms with van der Waals surface area (Å²) in [6, 6.07) is 21.0. The maximum atomic E-state index is 12.8. The summed E-state index contributed by atoms with van der Waals surface area (Å²) in [4.78, 5) is 15.3. The molecule has 0 radical (unpaired) electrons. The van der Waals surface area contributed by atoms with Crippen molar-refractivity contribution in [2.45, 2.75) is 31.1 Å². The molecule has 7 heteroatoms. The largest absolute Gasteiger partial charge is 0.372 e. The molecule has 0 atom stereocenters. The number of nitrogens with one attached hydrogen (secondary N) is 2. The number of benzene rings is 3. The molecule has 0 spiro atoms. The number of rotatable bonds is 6. The Bertz CT molecular complexity index is 1190. The molecule has 3 aromatic rings. The molecule has 0 aromatic heterocycles. The van der Waals surface area contributed by atoms with Gasteiger partial charge in [-0.1, -0.05) is 24.3 Å². The molecule has 1 aliphatic rings. The van der Waals surface area contributed by atoms with Crippen LogP contribution in [0.2, 0.25) is 0 Å². The molecule has 2 N–H and O–H groups in total. The minimum absolute atomic E-state index is 0.169. The van der Waals surface area contributed by atoms with E-state index < -0.39 is 10.0 Å². The van der Waals surface area contributed by atoms with Gasteiger partial charge in [0.2, 0.25) is 0 Å². The summed E-state index contributed by atoms with van der Waals surface area (Å²) in [5.41, 5.74) is 3.34. The standard InChI is InChI=1S/C25H27N3O3S/c1-19-10-11-20(18-24(19)27-32(30,31)23-8-4-2-5-9-23)25(29)26-21-12-14-22(15-13-21)28-16-6-3-7-17-28/h2,4-5,8-15,18,27H,3,6-7,16-17H2,1H3,(H,26,29). The second-order valence-electron chi connectivity index (χ2n) is 8.00. The molecule has 32 heavy (non-hydrogen) atoms. The molecule has 166 valence electrons. The van der Waals surface area contributed by atoms with Gasteiger partial charge in [0, 0.05) is 30.0 Å². The van der Waals surface area contributed by atoms with Gasteiger partial charge in [-0.05, 0) is 80.3 Å².